The molecule has 1 amide bonds. The number of aliphatic carboxylic acids is 1. The number of nitrogens with zero attached hydrogens (tertiary/aromatic N) is 1. The van der Waals surface area contributed by atoms with Gasteiger partial charge >= 0.3 is 5.97 Å². The van der Waals surface area contributed by atoms with Gasteiger partial charge in [-0.25, -0.2) is 4.79 Å². The first kappa shape index (κ1) is 13.7. The summed E-state index contributed by atoms with van der Waals surface area (Å²) < 4.78 is 0. The highest BCUT2D eigenvalue weighted by Gasteiger charge is 2.48. The second kappa shape index (κ2) is 4.76. The molecule has 0 aromatic heterocycles. The largest absolute Gasteiger partial charge is 0.480 e. The lowest BCUT2D eigenvalue weighted by Crippen LogP contribution is -2.47. The number of carboxylic acids is 1. The van der Waals surface area contributed by atoms with E-state index in [0.29, 0.717) is 18.1 Å². The van der Waals surface area contributed by atoms with Gasteiger partial charge < -0.3 is 10.0 Å². The third-order valence-corrected chi connectivity index (χ3v) is 4.78. The van der Waals surface area contributed by atoms with Gasteiger partial charge in [-0.05, 0) is 24.2 Å². The van der Waals surface area contributed by atoms with Crippen LogP contribution in [0.25, 0.3) is 0 Å². The molecule has 1 N–H and O–H groups in total. The Balaban J connectivity index is 2.12. The first-order chi connectivity index (χ1) is 8.29. The van der Waals surface area contributed by atoms with Crippen LogP contribution in [0.1, 0.15) is 40.0 Å². The number of carbonyl (C=O) groups is 2. The highest BCUT2D eigenvalue weighted by Crippen LogP contribution is 2.46. The van der Waals surface area contributed by atoms with Crippen molar-refractivity contribution in [1.82, 2.24) is 4.90 Å². The molecule has 1 aliphatic carbocycles. The van der Waals surface area contributed by atoms with Gasteiger partial charge in [0.15, 0.2) is 0 Å². The Morgan fingerprint density at radius 3 is 2.39 bits per heavy atom. The summed E-state index contributed by atoms with van der Waals surface area (Å²) in [6.45, 7) is 6.03. The average molecular weight is 271 g/mol. The standard InChI is InChI=1S/C13H21NO3S/c1-13(2,3)6-10(15)14-9(12(16)17)7-18-11(14)8-4-5-8/h8-9,11H,4-7H2,1-3H3,(H,16,17). The molecule has 0 radical (unpaired) electrons. The molecule has 0 spiro atoms. The molecule has 102 valence electrons. The van der Waals surface area contributed by atoms with Crippen molar-refractivity contribution in [3.05, 3.63) is 0 Å². The van der Waals surface area contributed by atoms with Gasteiger partial charge in [-0.1, -0.05) is 20.8 Å². The Hall–Kier alpha value is -0.710. The highest BCUT2D eigenvalue weighted by atomic mass is 32.2. The fraction of sp³-hybridized carbons (Fsp3) is 0.846. The van der Waals surface area contributed by atoms with Gasteiger partial charge in [0.1, 0.15) is 6.04 Å². The summed E-state index contributed by atoms with van der Waals surface area (Å²) in [7, 11) is 0. The fourth-order valence-electron chi connectivity index (χ4n) is 2.32. The Labute approximate surface area is 112 Å². The van der Waals surface area contributed by atoms with E-state index < -0.39 is 12.0 Å². The van der Waals surface area contributed by atoms with Crippen LogP contribution in [0.15, 0.2) is 0 Å². The van der Waals surface area contributed by atoms with Crippen LogP contribution < -0.4 is 0 Å². The predicted molar refractivity (Wildman–Crippen MR) is 71.3 cm³/mol. The third-order valence-electron chi connectivity index (χ3n) is 3.31. The molecule has 0 aromatic rings. The molecule has 2 unspecified atom stereocenters. The van der Waals surface area contributed by atoms with E-state index in [1.807, 2.05) is 20.8 Å². The number of hydrogen-bond acceptors (Lipinski definition) is 3. The summed E-state index contributed by atoms with van der Waals surface area (Å²) in [4.78, 5) is 25.3. The van der Waals surface area contributed by atoms with Crippen molar-refractivity contribution in [2.75, 3.05) is 5.75 Å². The van der Waals surface area contributed by atoms with Crippen LogP contribution in [-0.2, 0) is 9.59 Å². The smallest absolute Gasteiger partial charge is 0.327 e. The second-order valence-electron chi connectivity index (χ2n) is 6.45. The number of carboxylic acid groups (broad SMARTS) is 1. The molecule has 0 aromatic carbocycles. The van der Waals surface area contributed by atoms with Crippen molar-refractivity contribution in [2.45, 2.75) is 51.4 Å². The quantitative estimate of drug-likeness (QED) is 0.855. The molecule has 2 aliphatic rings. The number of thioether (sulfide) groups is 1. The van der Waals surface area contributed by atoms with E-state index in [9.17, 15) is 14.7 Å². The van der Waals surface area contributed by atoms with Crippen molar-refractivity contribution in [1.29, 1.82) is 0 Å². The minimum Gasteiger partial charge on any atom is -0.480 e. The SMILES string of the molecule is CC(C)(C)CC(=O)N1C(C(=O)O)CSC1C1CC1. The molecule has 1 saturated carbocycles. The van der Waals surface area contributed by atoms with Crippen molar-refractivity contribution < 1.29 is 14.7 Å². The summed E-state index contributed by atoms with van der Waals surface area (Å²) in [5.74, 6) is 0.180. The van der Waals surface area contributed by atoms with E-state index >= 15 is 0 Å². The van der Waals surface area contributed by atoms with Gasteiger partial charge in [0.05, 0.1) is 5.37 Å². The van der Waals surface area contributed by atoms with Crippen LogP contribution in [0.2, 0.25) is 0 Å². The zero-order chi connectivity index (χ0) is 13.5. The monoisotopic (exact) mass is 271 g/mol. The number of hydrogen-bond donors (Lipinski definition) is 1. The lowest BCUT2D eigenvalue weighted by Gasteiger charge is -2.30. The van der Waals surface area contributed by atoms with Crippen molar-refractivity contribution >= 4 is 23.6 Å². The van der Waals surface area contributed by atoms with E-state index in [-0.39, 0.29) is 16.7 Å². The minimum absolute atomic E-state index is 0.00296. The molecule has 1 saturated heterocycles. The van der Waals surface area contributed by atoms with Crippen molar-refractivity contribution in [3.8, 4) is 0 Å². The molecule has 0 bridgehead atoms. The Bertz CT molecular complexity index is 360. The summed E-state index contributed by atoms with van der Waals surface area (Å²) in [6.07, 6.45) is 2.67. The zero-order valence-electron chi connectivity index (χ0n) is 11.2. The normalized spacial score (nSPS) is 28.5. The van der Waals surface area contributed by atoms with Gasteiger partial charge in [0, 0.05) is 12.2 Å². The minimum atomic E-state index is -0.868. The lowest BCUT2D eigenvalue weighted by molar-refractivity contribution is -0.150. The highest BCUT2D eigenvalue weighted by molar-refractivity contribution is 8.00. The zero-order valence-corrected chi connectivity index (χ0v) is 12.0. The molecular formula is C13H21NO3S. The van der Waals surface area contributed by atoms with Gasteiger partial charge in [-0.3, -0.25) is 4.79 Å². The van der Waals surface area contributed by atoms with Crippen molar-refractivity contribution in [2.24, 2.45) is 11.3 Å². The molecule has 5 heteroatoms. The van der Waals surface area contributed by atoms with Crippen molar-refractivity contribution in [3.63, 3.8) is 0 Å². The van der Waals surface area contributed by atoms with E-state index in [1.54, 1.807) is 16.7 Å². The maximum absolute atomic E-state index is 12.4. The van der Waals surface area contributed by atoms with E-state index in [2.05, 4.69) is 0 Å². The topological polar surface area (TPSA) is 57.6 Å². The van der Waals surface area contributed by atoms with Gasteiger partial charge in [-0.2, -0.15) is 0 Å². The van der Waals surface area contributed by atoms with Crippen LogP contribution in [-0.4, -0.2) is 39.1 Å². The van der Waals surface area contributed by atoms with E-state index in [1.165, 1.54) is 0 Å². The van der Waals surface area contributed by atoms with Gasteiger partial charge in [-0.15, -0.1) is 11.8 Å². The maximum atomic E-state index is 12.4. The van der Waals surface area contributed by atoms with Crippen LogP contribution in [0.5, 0.6) is 0 Å². The number of rotatable bonds is 3. The van der Waals surface area contributed by atoms with Crippen LogP contribution in [0.4, 0.5) is 0 Å². The number of amides is 1. The average Bonchev–Trinajstić information content (AvgIpc) is 2.93. The van der Waals surface area contributed by atoms with Crippen LogP contribution >= 0.6 is 11.8 Å². The molecule has 1 aliphatic heterocycles. The summed E-state index contributed by atoms with van der Waals surface area (Å²) in [5, 5.41) is 9.34. The third kappa shape index (κ3) is 2.99. The molecule has 4 nitrogen and oxygen atoms in total. The summed E-state index contributed by atoms with van der Waals surface area (Å²) in [6, 6.07) is -0.629. The second-order valence-corrected chi connectivity index (χ2v) is 7.60. The predicted octanol–water partition coefficient (Wildman–Crippen LogP) is 2.19. The molecular weight excluding hydrogens is 250 g/mol. The van der Waals surface area contributed by atoms with Gasteiger partial charge in [0.2, 0.25) is 5.91 Å². The molecule has 1 heterocycles. The maximum Gasteiger partial charge on any atom is 0.327 e. The number of carbonyl (C=O) groups excluding carboxylic acids is 1. The lowest BCUT2D eigenvalue weighted by atomic mass is 9.91. The molecule has 2 rings (SSSR count). The molecule has 2 fully saturated rings. The van der Waals surface area contributed by atoms with E-state index in [0.717, 1.165) is 12.8 Å². The summed E-state index contributed by atoms with van der Waals surface area (Å²) in [5.41, 5.74) is -0.0957. The van der Waals surface area contributed by atoms with Gasteiger partial charge in [0.25, 0.3) is 0 Å². The molecule has 18 heavy (non-hydrogen) atoms. The van der Waals surface area contributed by atoms with E-state index in [4.69, 9.17) is 0 Å². The Kier molecular flexibility index (Phi) is 3.63. The first-order valence-electron chi connectivity index (χ1n) is 6.45. The van der Waals surface area contributed by atoms with Crippen LogP contribution in [0, 0.1) is 11.3 Å². The first-order valence-corrected chi connectivity index (χ1v) is 7.50. The Morgan fingerprint density at radius 2 is 1.94 bits per heavy atom. The molecule has 2 atom stereocenters. The fourth-order valence-corrected chi connectivity index (χ4v) is 3.98. The summed E-state index contributed by atoms with van der Waals surface area (Å²) >= 11 is 1.64. The Morgan fingerprint density at radius 1 is 1.33 bits per heavy atom. The van der Waals surface area contributed by atoms with Crippen LogP contribution in [0.3, 0.4) is 0 Å².